The normalized spacial score (nSPS) is 13.8. The maximum absolute atomic E-state index is 11.3. The number of hydrogen-bond acceptors (Lipinski definition) is 3. The van der Waals surface area contributed by atoms with Crippen LogP contribution in [-0.2, 0) is 0 Å². The smallest absolute Gasteiger partial charge is 0.317 e. The highest BCUT2D eigenvalue weighted by atomic mass is 16.5. The van der Waals surface area contributed by atoms with Gasteiger partial charge in [0, 0.05) is 6.04 Å². The fourth-order valence-electron chi connectivity index (χ4n) is 1.45. The SMILES string of the molecule is CCOc1ccc(OCNC(=O)NC2CC2)cc1. The third kappa shape index (κ3) is 4.16. The van der Waals surface area contributed by atoms with Crippen LogP contribution in [0.2, 0.25) is 0 Å². The van der Waals surface area contributed by atoms with Crippen LogP contribution in [0.25, 0.3) is 0 Å². The summed E-state index contributed by atoms with van der Waals surface area (Å²) in [6.45, 7) is 2.74. The standard InChI is InChI=1S/C13H18N2O3/c1-2-17-11-5-7-12(8-6-11)18-9-14-13(16)15-10-3-4-10/h5-8,10H,2-4,9H2,1H3,(H2,14,15,16). The molecular weight excluding hydrogens is 232 g/mol. The molecule has 0 saturated heterocycles. The van der Waals surface area contributed by atoms with Gasteiger partial charge in [0.25, 0.3) is 0 Å². The Kier molecular flexibility index (Phi) is 4.28. The van der Waals surface area contributed by atoms with Crippen molar-refractivity contribution in [2.45, 2.75) is 25.8 Å². The van der Waals surface area contributed by atoms with Gasteiger partial charge in [-0.05, 0) is 44.0 Å². The van der Waals surface area contributed by atoms with Crippen molar-refractivity contribution in [3.63, 3.8) is 0 Å². The van der Waals surface area contributed by atoms with E-state index in [0.29, 0.717) is 18.4 Å². The lowest BCUT2D eigenvalue weighted by atomic mass is 10.3. The molecule has 5 nitrogen and oxygen atoms in total. The Labute approximate surface area is 106 Å². The minimum atomic E-state index is -0.177. The quantitative estimate of drug-likeness (QED) is 0.758. The summed E-state index contributed by atoms with van der Waals surface area (Å²) in [5.74, 6) is 1.51. The maximum atomic E-state index is 11.3. The van der Waals surface area contributed by atoms with Crippen molar-refractivity contribution in [1.29, 1.82) is 0 Å². The van der Waals surface area contributed by atoms with E-state index in [9.17, 15) is 4.79 Å². The summed E-state index contributed by atoms with van der Waals surface area (Å²) < 4.78 is 10.7. The van der Waals surface area contributed by atoms with Crippen LogP contribution in [-0.4, -0.2) is 25.4 Å². The molecule has 1 saturated carbocycles. The molecule has 1 aliphatic carbocycles. The van der Waals surface area contributed by atoms with E-state index in [4.69, 9.17) is 9.47 Å². The molecule has 5 heteroatoms. The van der Waals surface area contributed by atoms with Crippen molar-refractivity contribution in [3.8, 4) is 11.5 Å². The van der Waals surface area contributed by atoms with Gasteiger partial charge in [-0.3, -0.25) is 0 Å². The highest BCUT2D eigenvalue weighted by Gasteiger charge is 2.22. The maximum Gasteiger partial charge on any atom is 0.317 e. The van der Waals surface area contributed by atoms with Crippen LogP contribution in [0.15, 0.2) is 24.3 Å². The molecule has 0 spiro atoms. The van der Waals surface area contributed by atoms with Crippen molar-refractivity contribution in [2.75, 3.05) is 13.3 Å². The fourth-order valence-corrected chi connectivity index (χ4v) is 1.45. The summed E-state index contributed by atoms with van der Waals surface area (Å²) in [6.07, 6.45) is 2.15. The number of carbonyl (C=O) groups excluding carboxylic acids is 1. The second-order valence-corrected chi connectivity index (χ2v) is 4.12. The Morgan fingerprint density at radius 3 is 2.39 bits per heavy atom. The molecule has 2 N–H and O–H groups in total. The lowest BCUT2D eigenvalue weighted by molar-refractivity contribution is 0.223. The molecular formula is C13H18N2O3. The number of amides is 2. The van der Waals surface area contributed by atoms with Gasteiger partial charge in [-0.15, -0.1) is 0 Å². The number of ether oxygens (including phenoxy) is 2. The van der Waals surface area contributed by atoms with Crippen LogP contribution >= 0.6 is 0 Å². The molecule has 0 aliphatic heterocycles. The first-order valence-corrected chi connectivity index (χ1v) is 6.18. The van der Waals surface area contributed by atoms with Crippen LogP contribution in [0.4, 0.5) is 4.79 Å². The summed E-state index contributed by atoms with van der Waals surface area (Å²) in [5.41, 5.74) is 0. The van der Waals surface area contributed by atoms with Crippen molar-refractivity contribution in [1.82, 2.24) is 10.6 Å². The van der Waals surface area contributed by atoms with Crippen LogP contribution < -0.4 is 20.1 Å². The second-order valence-electron chi connectivity index (χ2n) is 4.12. The fraction of sp³-hybridized carbons (Fsp3) is 0.462. The van der Waals surface area contributed by atoms with E-state index in [0.717, 1.165) is 18.6 Å². The van der Waals surface area contributed by atoms with Crippen molar-refractivity contribution >= 4 is 6.03 Å². The van der Waals surface area contributed by atoms with E-state index in [-0.39, 0.29) is 12.8 Å². The molecule has 1 aromatic carbocycles. The van der Waals surface area contributed by atoms with Gasteiger partial charge in [-0.1, -0.05) is 0 Å². The third-order valence-electron chi connectivity index (χ3n) is 2.52. The van der Waals surface area contributed by atoms with Gasteiger partial charge < -0.3 is 20.1 Å². The third-order valence-corrected chi connectivity index (χ3v) is 2.52. The average molecular weight is 250 g/mol. The summed E-state index contributed by atoms with van der Waals surface area (Å²) >= 11 is 0. The van der Waals surface area contributed by atoms with E-state index in [1.54, 1.807) is 0 Å². The second kappa shape index (κ2) is 6.14. The van der Waals surface area contributed by atoms with Crippen molar-refractivity contribution in [2.24, 2.45) is 0 Å². The van der Waals surface area contributed by atoms with Gasteiger partial charge in [0.05, 0.1) is 6.61 Å². The summed E-state index contributed by atoms with van der Waals surface area (Å²) in [4.78, 5) is 11.3. The van der Waals surface area contributed by atoms with Crippen molar-refractivity contribution in [3.05, 3.63) is 24.3 Å². The first-order chi connectivity index (χ1) is 8.78. The van der Waals surface area contributed by atoms with Gasteiger partial charge in [0.2, 0.25) is 0 Å². The molecule has 0 bridgehead atoms. The lowest BCUT2D eigenvalue weighted by Gasteiger charge is -2.09. The lowest BCUT2D eigenvalue weighted by Crippen LogP contribution is -2.38. The van der Waals surface area contributed by atoms with Gasteiger partial charge in [-0.25, -0.2) is 4.79 Å². The minimum Gasteiger partial charge on any atom is -0.494 e. The topological polar surface area (TPSA) is 59.6 Å². The molecule has 18 heavy (non-hydrogen) atoms. The van der Waals surface area contributed by atoms with Crippen LogP contribution in [0.5, 0.6) is 11.5 Å². The molecule has 2 amide bonds. The van der Waals surface area contributed by atoms with Gasteiger partial charge in [-0.2, -0.15) is 0 Å². The molecule has 0 unspecified atom stereocenters. The first kappa shape index (κ1) is 12.5. The zero-order chi connectivity index (χ0) is 12.8. The molecule has 2 rings (SSSR count). The highest BCUT2D eigenvalue weighted by molar-refractivity contribution is 5.74. The Balaban J connectivity index is 1.67. The summed E-state index contributed by atoms with van der Waals surface area (Å²) in [5, 5.41) is 5.45. The molecule has 0 atom stereocenters. The Morgan fingerprint density at radius 2 is 1.83 bits per heavy atom. The van der Waals surface area contributed by atoms with Gasteiger partial charge in [0.15, 0.2) is 6.73 Å². The predicted molar refractivity (Wildman–Crippen MR) is 67.8 cm³/mol. The number of urea groups is 1. The number of hydrogen-bond donors (Lipinski definition) is 2. The number of benzene rings is 1. The predicted octanol–water partition coefficient (Wildman–Crippen LogP) is 1.88. The number of carbonyl (C=O) groups is 1. The average Bonchev–Trinajstić information content (AvgIpc) is 3.16. The molecule has 0 heterocycles. The summed E-state index contributed by atoms with van der Waals surface area (Å²) in [7, 11) is 0. The molecule has 0 aromatic heterocycles. The monoisotopic (exact) mass is 250 g/mol. The molecule has 1 aromatic rings. The Morgan fingerprint density at radius 1 is 1.22 bits per heavy atom. The van der Waals surface area contributed by atoms with E-state index >= 15 is 0 Å². The van der Waals surface area contributed by atoms with Gasteiger partial charge >= 0.3 is 6.03 Å². The van der Waals surface area contributed by atoms with Crippen LogP contribution in [0.3, 0.4) is 0 Å². The van der Waals surface area contributed by atoms with Crippen LogP contribution in [0.1, 0.15) is 19.8 Å². The molecule has 1 aliphatic rings. The highest BCUT2D eigenvalue weighted by Crippen LogP contribution is 2.18. The molecule has 1 fully saturated rings. The zero-order valence-electron chi connectivity index (χ0n) is 10.4. The number of nitrogens with one attached hydrogen (secondary N) is 2. The van der Waals surface area contributed by atoms with E-state index in [2.05, 4.69) is 10.6 Å². The first-order valence-electron chi connectivity index (χ1n) is 6.18. The number of rotatable bonds is 6. The Hall–Kier alpha value is -1.91. The van der Waals surface area contributed by atoms with E-state index in [1.807, 2.05) is 31.2 Å². The molecule has 98 valence electrons. The Bertz CT molecular complexity index is 388. The van der Waals surface area contributed by atoms with Gasteiger partial charge in [0.1, 0.15) is 11.5 Å². The van der Waals surface area contributed by atoms with E-state index < -0.39 is 0 Å². The molecule has 0 radical (unpaired) electrons. The minimum absolute atomic E-state index is 0.159. The largest absolute Gasteiger partial charge is 0.494 e. The van der Waals surface area contributed by atoms with E-state index in [1.165, 1.54) is 0 Å². The van der Waals surface area contributed by atoms with Crippen molar-refractivity contribution < 1.29 is 14.3 Å². The summed E-state index contributed by atoms with van der Waals surface area (Å²) in [6, 6.07) is 7.47. The van der Waals surface area contributed by atoms with Crippen LogP contribution in [0, 0.1) is 0 Å². The zero-order valence-corrected chi connectivity index (χ0v) is 10.4.